The predicted octanol–water partition coefficient (Wildman–Crippen LogP) is 1.84. The van der Waals surface area contributed by atoms with E-state index in [-0.39, 0.29) is 6.10 Å². The standard InChI is InChI=1S/C12H17NO3/c1-14-11-5-9(13)6-12(7-11)16-8-10-3-2-4-15-10/h5-7,10H,2-4,8,13H2,1H3. The van der Waals surface area contributed by atoms with E-state index in [9.17, 15) is 0 Å². The highest BCUT2D eigenvalue weighted by atomic mass is 16.5. The van der Waals surface area contributed by atoms with Crippen LogP contribution in [0.2, 0.25) is 0 Å². The minimum Gasteiger partial charge on any atom is -0.497 e. The number of nitrogen functional groups attached to an aromatic ring is 1. The van der Waals surface area contributed by atoms with Gasteiger partial charge >= 0.3 is 0 Å². The van der Waals surface area contributed by atoms with Gasteiger partial charge in [0.2, 0.25) is 0 Å². The van der Waals surface area contributed by atoms with Crippen LogP contribution in [0.15, 0.2) is 18.2 Å². The number of ether oxygens (including phenoxy) is 3. The zero-order valence-corrected chi connectivity index (χ0v) is 9.44. The molecule has 1 aliphatic rings. The molecule has 4 heteroatoms. The van der Waals surface area contributed by atoms with E-state index in [1.807, 2.05) is 6.07 Å². The van der Waals surface area contributed by atoms with Crippen molar-refractivity contribution in [2.24, 2.45) is 0 Å². The lowest BCUT2D eigenvalue weighted by atomic mass is 10.2. The van der Waals surface area contributed by atoms with Crippen LogP contribution in [-0.2, 0) is 4.74 Å². The van der Waals surface area contributed by atoms with Gasteiger partial charge in [-0.1, -0.05) is 0 Å². The Kier molecular flexibility index (Phi) is 3.51. The summed E-state index contributed by atoms with van der Waals surface area (Å²) in [5.41, 5.74) is 6.37. The molecule has 0 spiro atoms. The van der Waals surface area contributed by atoms with E-state index in [0.717, 1.165) is 25.2 Å². The number of hydrogen-bond donors (Lipinski definition) is 1. The predicted molar refractivity (Wildman–Crippen MR) is 61.9 cm³/mol. The van der Waals surface area contributed by atoms with Gasteiger partial charge < -0.3 is 19.9 Å². The Balaban J connectivity index is 1.94. The second kappa shape index (κ2) is 5.07. The third-order valence-corrected chi connectivity index (χ3v) is 2.60. The van der Waals surface area contributed by atoms with Gasteiger partial charge in [0, 0.05) is 30.5 Å². The zero-order valence-electron chi connectivity index (χ0n) is 9.44. The van der Waals surface area contributed by atoms with Crippen molar-refractivity contribution in [3.05, 3.63) is 18.2 Å². The third-order valence-electron chi connectivity index (χ3n) is 2.60. The number of methoxy groups -OCH3 is 1. The highest BCUT2D eigenvalue weighted by Crippen LogP contribution is 2.24. The molecule has 1 saturated heterocycles. The molecule has 2 rings (SSSR count). The van der Waals surface area contributed by atoms with Crippen molar-refractivity contribution in [2.45, 2.75) is 18.9 Å². The molecule has 1 unspecified atom stereocenters. The van der Waals surface area contributed by atoms with Crippen LogP contribution in [0.25, 0.3) is 0 Å². The van der Waals surface area contributed by atoms with Gasteiger partial charge in [-0.15, -0.1) is 0 Å². The first-order chi connectivity index (χ1) is 7.78. The number of anilines is 1. The first kappa shape index (κ1) is 11.1. The Bertz CT molecular complexity index is 348. The molecule has 88 valence electrons. The fourth-order valence-electron chi connectivity index (χ4n) is 1.76. The highest BCUT2D eigenvalue weighted by molar-refractivity contribution is 5.50. The van der Waals surface area contributed by atoms with E-state index in [0.29, 0.717) is 18.0 Å². The second-order valence-electron chi connectivity index (χ2n) is 3.89. The zero-order chi connectivity index (χ0) is 11.4. The van der Waals surface area contributed by atoms with Gasteiger partial charge in [0.15, 0.2) is 0 Å². The lowest BCUT2D eigenvalue weighted by Gasteiger charge is -2.12. The summed E-state index contributed by atoms with van der Waals surface area (Å²) in [7, 11) is 1.61. The molecule has 2 N–H and O–H groups in total. The monoisotopic (exact) mass is 223 g/mol. The van der Waals surface area contributed by atoms with Crippen molar-refractivity contribution in [1.82, 2.24) is 0 Å². The fourth-order valence-corrected chi connectivity index (χ4v) is 1.76. The molecule has 0 aromatic heterocycles. The van der Waals surface area contributed by atoms with Crippen molar-refractivity contribution in [1.29, 1.82) is 0 Å². The topological polar surface area (TPSA) is 53.7 Å². The lowest BCUT2D eigenvalue weighted by Crippen LogP contribution is -2.16. The molecular formula is C12H17NO3. The van der Waals surface area contributed by atoms with E-state index >= 15 is 0 Å². The molecule has 0 amide bonds. The molecule has 1 fully saturated rings. The Labute approximate surface area is 95.3 Å². The van der Waals surface area contributed by atoms with Crippen molar-refractivity contribution >= 4 is 5.69 Å². The largest absolute Gasteiger partial charge is 0.497 e. The fraction of sp³-hybridized carbons (Fsp3) is 0.500. The summed E-state index contributed by atoms with van der Waals surface area (Å²) < 4.78 is 16.2. The number of hydrogen-bond acceptors (Lipinski definition) is 4. The van der Waals surface area contributed by atoms with Gasteiger partial charge in [0.25, 0.3) is 0 Å². The van der Waals surface area contributed by atoms with Crippen LogP contribution in [0.4, 0.5) is 5.69 Å². The first-order valence-corrected chi connectivity index (χ1v) is 5.47. The Hall–Kier alpha value is -1.42. The van der Waals surface area contributed by atoms with Gasteiger partial charge in [-0.05, 0) is 12.8 Å². The van der Waals surface area contributed by atoms with Crippen LogP contribution >= 0.6 is 0 Å². The average Bonchev–Trinajstić information content (AvgIpc) is 2.78. The van der Waals surface area contributed by atoms with Crippen LogP contribution in [0.1, 0.15) is 12.8 Å². The maximum atomic E-state index is 5.73. The van der Waals surface area contributed by atoms with Crippen molar-refractivity contribution in [3.8, 4) is 11.5 Å². The number of nitrogens with two attached hydrogens (primary N) is 1. The molecule has 1 aromatic carbocycles. The normalized spacial score (nSPS) is 19.7. The molecule has 1 aromatic rings. The summed E-state index contributed by atoms with van der Waals surface area (Å²) in [6.07, 6.45) is 2.40. The summed E-state index contributed by atoms with van der Waals surface area (Å²) in [6, 6.07) is 5.38. The molecule has 1 atom stereocenters. The number of benzene rings is 1. The van der Waals surface area contributed by atoms with E-state index in [1.165, 1.54) is 0 Å². The quantitative estimate of drug-likeness (QED) is 0.791. The van der Waals surface area contributed by atoms with E-state index in [4.69, 9.17) is 19.9 Å². The summed E-state index contributed by atoms with van der Waals surface area (Å²) >= 11 is 0. The molecule has 1 aliphatic heterocycles. The maximum Gasteiger partial charge on any atom is 0.125 e. The smallest absolute Gasteiger partial charge is 0.125 e. The van der Waals surface area contributed by atoms with E-state index in [2.05, 4.69) is 0 Å². The van der Waals surface area contributed by atoms with E-state index < -0.39 is 0 Å². The van der Waals surface area contributed by atoms with E-state index in [1.54, 1.807) is 19.2 Å². The van der Waals surface area contributed by atoms with Gasteiger partial charge in [-0.25, -0.2) is 0 Å². The molecule has 16 heavy (non-hydrogen) atoms. The molecule has 4 nitrogen and oxygen atoms in total. The van der Waals surface area contributed by atoms with Crippen LogP contribution in [0.5, 0.6) is 11.5 Å². The van der Waals surface area contributed by atoms with Crippen LogP contribution in [-0.4, -0.2) is 26.4 Å². The molecular weight excluding hydrogens is 206 g/mol. The first-order valence-electron chi connectivity index (χ1n) is 5.47. The van der Waals surface area contributed by atoms with Gasteiger partial charge in [0.1, 0.15) is 18.1 Å². The molecule has 0 bridgehead atoms. The summed E-state index contributed by atoms with van der Waals surface area (Å²) in [4.78, 5) is 0. The van der Waals surface area contributed by atoms with Crippen molar-refractivity contribution in [3.63, 3.8) is 0 Å². The average molecular weight is 223 g/mol. The Morgan fingerprint density at radius 1 is 1.38 bits per heavy atom. The second-order valence-corrected chi connectivity index (χ2v) is 3.89. The van der Waals surface area contributed by atoms with Crippen molar-refractivity contribution < 1.29 is 14.2 Å². The van der Waals surface area contributed by atoms with Gasteiger partial charge in [-0.2, -0.15) is 0 Å². The molecule has 0 radical (unpaired) electrons. The molecule has 0 saturated carbocycles. The van der Waals surface area contributed by atoms with Gasteiger partial charge in [0.05, 0.1) is 13.2 Å². The van der Waals surface area contributed by atoms with Gasteiger partial charge in [-0.3, -0.25) is 0 Å². The number of rotatable bonds is 4. The molecule has 1 heterocycles. The minimum atomic E-state index is 0.215. The van der Waals surface area contributed by atoms with Crippen molar-refractivity contribution in [2.75, 3.05) is 26.1 Å². The SMILES string of the molecule is COc1cc(N)cc(OCC2CCCO2)c1. The lowest BCUT2D eigenvalue weighted by molar-refractivity contribution is 0.0679. The van der Waals surface area contributed by atoms with Crippen LogP contribution < -0.4 is 15.2 Å². The Morgan fingerprint density at radius 3 is 2.88 bits per heavy atom. The highest BCUT2D eigenvalue weighted by Gasteiger charge is 2.16. The summed E-state index contributed by atoms with van der Waals surface area (Å²) in [5.74, 6) is 1.44. The summed E-state index contributed by atoms with van der Waals surface area (Å²) in [5, 5.41) is 0. The Morgan fingerprint density at radius 2 is 2.19 bits per heavy atom. The third kappa shape index (κ3) is 2.79. The maximum absolute atomic E-state index is 5.73. The minimum absolute atomic E-state index is 0.215. The van der Waals surface area contributed by atoms with Crippen LogP contribution in [0.3, 0.4) is 0 Å². The molecule has 0 aliphatic carbocycles. The summed E-state index contributed by atoms with van der Waals surface area (Å²) in [6.45, 7) is 1.42. The van der Waals surface area contributed by atoms with Crippen LogP contribution in [0, 0.1) is 0 Å².